The smallest absolute Gasteiger partial charge is 0.321 e. The van der Waals surface area contributed by atoms with Crippen molar-refractivity contribution in [3.8, 4) is 0 Å². The highest BCUT2D eigenvalue weighted by Crippen LogP contribution is 2.17. The van der Waals surface area contributed by atoms with Gasteiger partial charge in [-0.1, -0.05) is 23.5 Å². The third-order valence-corrected chi connectivity index (χ3v) is 3.23. The molecule has 0 saturated carbocycles. The number of hydrogen-bond donors (Lipinski definition) is 3. The average Bonchev–Trinajstić information content (AvgIpc) is 2.91. The molecule has 1 aromatic carbocycles. The number of carbonyl (C=O) groups excluding carboxylic acids is 1. The van der Waals surface area contributed by atoms with Gasteiger partial charge >= 0.3 is 6.03 Å². The topological polar surface area (TPSA) is 87.1 Å². The van der Waals surface area contributed by atoms with Crippen LogP contribution >= 0.6 is 11.3 Å². The lowest BCUT2D eigenvalue weighted by Gasteiger charge is -2.20. The van der Waals surface area contributed by atoms with E-state index in [1.807, 2.05) is 0 Å². The molecular formula is C12H13FN4O2S. The second-order valence-electron chi connectivity index (χ2n) is 4.13. The van der Waals surface area contributed by atoms with Crippen LogP contribution in [0.1, 0.15) is 18.6 Å². The summed E-state index contributed by atoms with van der Waals surface area (Å²) in [6.45, 7) is 1.65. The number of carbonyl (C=O) groups is 1. The van der Waals surface area contributed by atoms with Gasteiger partial charge in [-0.25, -0.2) is 9.18 Å². The number of halogens is 1. The standard InChI is InChI=1S/C12H13FN4O2S/c1-7(10(18)8-2-4-9(13)5-3-8)15-11(19)16-12-17-14-6-20-12/h2-7,10,18H,1H3,(H2,15,16,17,19). The van der Waals surface area contributed by atoms with Crippen LogP contribution in [0, 0.1) is 5.82 Å². The van der Waals surface area contributed by atoms with Gasteiger partial charge in [0.25, 0.3) is 0 Å². The lowest BCUT2D eigenvalue weighted by atomic mass is 10.0. The number of anilines is 1. The summed E-state index contributed by atoms with van der Waals surface area (Å²) in [6.07, 6.45) is -0.934. The average molecular weight is 296 g/mol. The van der Waals surface area contributed by atoms with Crippen LogP contribution in [0.4, 0.5) is 14.3 Å². The molecule has 20 heavy (non-hydrogen) atoms. The first-order valence-corrected chi connectivity index (χ1v) is 6.71. The number of aliphatic hydroxyl groups is 1. The number of nitrogens with zero attached hydrogens (tertiary/aromatic N) is 2. The van der Waals surface area contributed by atoms with Crippen LogP contribution in [0.15, 0.2) is 29.8 Å². The number of rotatable bonds is 4. The van der Waals surface area contributed by atoms with E-state index in [-0.39, 0.29) is 5.82 Å². The Balaban J connectivity index is 1.91. The summed E-state index contributed by atoms with van der Waals surface area (Å²) in [5.74, 6) is -0.379. The quantitative estimate of drug-likeness (QED) is 0.804. The molecule has 0 spiro atoms. The van der Waals surface area contributed by atoms with E-state index >= 15 is 0 Å². The van der Waals surface area contributed by atoms with E-state index in [9.17, 15) is 14.3 Å². The lowest BCUT2D eigenvalue weighted by molar-refractivity contribution is 0.139. The molecule has 6 nitrogen and oxygen atoms in total. The van der Waals surface area contributed by atoms with Crippen LogP contribution in [0.25, 0.3) is 0 Å². The van der Waals surface area contributed by atoms with Crippen LogP contribution in [0.2, 0.25) is 0 Å². The van der Waals surface area contributed by atoms with Crippen molar-refractivity contribution in [2.75, 3.05) is 5.32 Å². The summed E-state index contributed by atoms with van der Waals surface area (Å²) < 4.78 is 12.8. The number of amides is 2. The highest BCUT2D eigenvalue weighted by atomic mass is 32.1. The Labute approximate surface area is 118 Å². The number of urea groups is 1. The van der Waals surface area contributed by atoms with E-state index < -0.39 is 18.2 Å². The van der Waals surface area contributed by atoms with Crippen molar-refractivity contribution in [1.82, 2.24) is 15.5 Å². The maximum Gasteiger partial charge on any atom is 0.321 e. The van der Waals surface area contributed by atoms with Crippen molar-refractivity contribution >= 4 is 22.5 Å². The van der Waals surface area contributed by atoms with E-state index in [2.05, 4.69) is 20.8 Å². The third kappa shape index (κ3) is 3.72. The molecule has 0 bridgehead atoms. The van der Waals surface area contributed by atoms with Gasteiger partial charge in [0, 0.05) is 0 Å². The summed E-state index contributed by atoms with van der Waals surface area (Å²) in [4.78, 5) is 11.7. The Morgan fingerprint density at radius 1 is 1.40 bits per heavy atom. The van der Waals surface area contributed by atoms with Crippen molar-refractivity contribution in [2.45, 2.75) is 19.1 Å². The molecule has 2 amide bonds. The van der Waals surface area contributed by atoms with Crippen LogP contribution in [0.5, 0.6) is 0 Å². The van der Waals surface area contributed by atoms with E-state index in [4.69, 9.17) is 0 Å². The molecule has 0 fully saturated rings. The Morgan fingerprint density at radius 2 is 2.10 bits per heavy atom. The first kappa shape index (κ1) is 14.4. The highest BCUT2D eigenvalue weighted by molar-refractivity contribution is 7.13. The first-order chi connectivity index (χ1) is 9.56. The first-order valence-electron chi connectivity index (χ1n) is 5.83. The maximum absolute atomic E-state index is 12.8. The molecule has 8 heteroatoms. The van der Waals surface area contributed by atoms with Crippen molar-refractivity contribution in [3.05, 3.63) is 41.2 Å². The van der Waals surface area contributed by atoms with Gasteiger partial charge in [-0.05, 0) is 24.6 Å². The van der Waals surface area contributed by atoms with Crippen LogP contribution in [-0.4, -0.2) is 27.4 Å². The van der Waals surface area contributed by atoms with E-state index in [0.717, 1.165) is 0 Å². The Bertz CT molecular complexity index is 561. The second kappa shape index (κ2) is 6.40. The molecule has 0 radical (unpaired) electrons. The summed E-state index contributed by atoms with van der Waals surface area (Å²) >= 11 is 1.19. The molecule has 0 aliphatic heterocycles. The lowest BCUT2D eigenvalue weighted by Crippen LogP contribution is -2.39. The fourth-order valence-electron chi connectivity index (χ4n) is 1.60. The zero-order valence-electron chi connectivity index (χ0n) is 10.6. The molecule has 0 aliphatic carbocycles. The number of aliphatic hydroxyl groups excluding tert-OH is 1. The molecule has 2 aromatic rings. The summed E-state index contributed by atoms with van der Waals surface area (Å²) in [7, 11) is 0. The summed E-state index contributed by atoms with van der Waals surface area (Å²) in [5, 5.41) is 22.8. The van der Waals surface area contributed by atoms with Crippen molar-refractivity contribution < 1.29 is 14.3 Å². The van der Waals surface area contributed by atoms with Gasteiger partial charge < -0.3 is 10.4 Å². The Kier molecular flexibility index (Phi) is 4.59. The number of benzene rings is 1. The number of nitrogens with one attached hydrogen (secondary N) is 2. The van der Waals surface area contributed by atoms with Crippen molar-refractivity contribution in [3.63, 3.8) is 0 Å². The normalized spacial score (nSPS) is 13.6. The predicted molar refractivity (Wildman–Crippen MR) is 72.9 cm³/mol. The molecule has 0 saturated heterocycles. The van der Waals surface area contributed by atoms with Crippen LogP contribution < -0.4 is 10.6 Å². The molecule has 1 heterocycles. The van der Waals surface area contributed by atoms with Gasteiger partial charge in [0.1, 0.15) is 11.3 Å². The molecule has 3 N–H and O–H groups in total. The summed E-state index contributed by atoms with van der Waals surface area (Å²) in [6, 6.07) is 4.42. The van der Waals surface area contributed by atoms with Crippen LogP contribution in [-0.2, 0) is 0 Å². The molecule has 0 aliphatic rings. The van der Waals surface area contributed by atoms with E-state index in [0.29, 0.717) is 10.7 Å². The third-order valence-electron chi connectivity index (χ3n) is 2.62. The molecule has 2 rings (SSSR count). The monoisotopic (exact) mass is 296 g/mol. The van der Waals surface area contributed by atoms with Gasteiger partial charge in [-0.3, -0.25) is 5.32 Å². The molecule has 2 unspecified atom stereocenters. The Hall–Kier alpha value is -2.06. The number of aromatic nitrogens is 2. The Morgan fingerprint density at radius 3 is 2.70 bits per heavy atom. The van der Waals surface area contributed by atoms with E-state index in [1.54, 1.807) is 6.92 Å². The molecular weight excluding hydrogens is 283 g/mol. The highest BCUT2D eigenvalue weighted by Gasteiger charge is 2.18. The van der Waals surface area contributed by atoms with Crippen molar-refractivity contribution in [2.24, 2.45) is 0 Å². The van der Waals surface area contributed by atoms with Gasteiger partial charge in [0.2, 0.25) is 5.13 Å². The zero-order chi connectivity index (χ0) is 14.5. The fraction of sp³-hybridized carbons (Fsp3) is 0.250. The van der Waals surface area contributed by atoms with Crippen molar-refractivity contribution in [1.29, 1.82) is 0 Å². The molecule has 1 aromatic heterocycles. The minimum Gasteiger partial charge on any atom is -0.386 e. The minimum absolute atomic E-state index is 0.367. The summed E-state index contributed by atoms with van der Waals surface area (Å²) in [5.41, 5.74) is 2.02. The fourth-order valence-corrected chi connectivity index (χ4v) is 2.04. The zero-order valence-corrected chi connectivity index (χ0v) is 11.4. The minimum atomic E-state index is -0.934. The van der Waals surface area contributed by atoms with E-state index in [1.165, 1.54) is 41.1 Å². The predicted octanol–water partition coefficient (Wildman–Crippen LogP) is 1.92. The maximum atomic E-state index is 12.8. The molecule has 106 valence electrons. The van der Waals surface area contributed by atoms with Gasteiger partial charge in [-0.2, -0.15) is 0 Å². The van der Waals surface area contributed by atoms with Gasteiger partial charge in [-0.15, -0.1) is 10.2 Å². The van der Waals surface area contributed by atoms with Gasteiger partial charge in [0.05, 0.1) is 12.1 Å². The number of hydrogen-bond acceptors (Lipinski definition) is 5. The van der Waals surface area contributed by atoms with Crippen LogP contribution in [0.3, 0.4) is 0 Å². The van der Waals surface area contributed by atoms with Gasteiger partial charge in [0.15, 0.2) is 0 Å². The second-order valence-corrected chi connectivity index (χ2v) is 4.96. The largest absolute Gasteiger partial charge is 0.386 e. The SMILES string of the molecule is CC(NC(=O)Nc1nncs1)C(O)c1ccc(F)cc1. The molecule has 2 atom stereocenters.